The molecule has 1 atom stereocenters. The van der Waals surface area contributed by atoms with Crippen molar-refractivity contribution in [3.8, 4) is 0 Å². The molecule has 3 aromatic rings. The molecule has 1 aromatic heterocycles. The maximum atomic E-state index is 12.9. The van der Waals surface area contributed by atoms with Gasteiger partial charge in [0.05, 0.1) is 10.1 Å². The van der Waals surface area contributed by atoms with Crippen LogP contribution in [0.15, 0.2) is 57.0 Å². The molecule has 0 radical (unpaired) electrons. The van der Waals surface area contributed by atoms with Gasteiger partial charge in [-0.15, -0.1) is 0 Å². The van der Waals surface area contributed by atoms with Crippen molar-refractivity contribution in [2.45, 2.75) is 48.5 Å². The van der Waals surface area contributed by atoms with Crippen LogP contribution in [-0.4, -0.2) is 47.7 Å². The van der Waals surface area contributed by atoms with E-state index in [1.807, 2.05) is 0 Å². The first-order valence-corrected chi connectivity index (χ1v) is 13.1. The number of nitrogens with one attached hydrogen (secondary N) is 1. The molecule has 0 spiro atoms. The minimum absolute atomic E-state index is 0.0818. The van der Waals surface area contributed by atoms with Crippen LogP contribution in [-0.2, 0) is 14.8 Å². The van der Waals surface area contributed by atoms with Crippen LogP contribution in [0.4, 0.5) is 5.69 Å². The number of hydrogen-bond acceptors (Lipinski definition) is 7. The van der Waals surface area contributed by atoms with E-state index in [0.29, 0.717) is 35.4 Å². The molecule has 10 heteroatoms. The Kier molecular flexibility index (Phi) is 6.87. The van der Waals surface area contributed by atoms with Gasteiger partial charge in [-0.25, -0.2) is 13.4 Å². The van der Waals surface area contributed by atoms with E-state index in [1.54, 1.807) is 37.3 Å². The number of benzene rings is 2. The average molecular weight is 488 g/mol. The summed E-state index contributed by atoms with van der Waals surface area (Å²) in [5, 5.41) is 2.53. The van der Waals surface area contributed by atoms with Crippen LogP contribution in [0.3, 0.4) is 0 Å². The van der Waals surface area contributed by atoms with Crippen LogP contribution in [0.25, 0.3) is 11.1 Å². The van der Waals surface area contributed by atoms with Gasteiger partial charge in [-0.3, -0.25) is 9.59 Å². The first-order valence-electron chi connectivity index (χ1n) is 10.7. The summed E-state index contributed by atoms with van der Waals surface area (Å²) in [6.45, 7) is 4.25. The molecule has 1 aliphatic rings. The molecule has 1 fully saturated rings. The minimum atomic E-state index is -3.57. The van der Waals surface area contributed by atoms with E-state index >= 15 is 0 Å². The highest BCUT2D eigenvalue weighted by Gasteiger charge is 2.27. The average Bonchev–Trinajstić information content (AvgIpc) is 3.21. The molecule has 4 rings (SSSR count). The summed E-state index contributed by atoms with van der Waals surface area (Å²) in [7, 11) is -3.57. The maximum absolute atomic E-state index is 12.9. The number of rotatable bonds is 7. The molecule has 1 aliphatic heterocycles. The van der Waals surface area contributed by atoms with E-state index in [4.69, 9.17) is 4.42 Å². The monoisotopic (exact) mass is 487 g/mol. The minimum Gasteiger partial charge on any atom is -0.431 e. The highest BCUT2D eigenvalue weighted by Crippen LogP contribution is 2.30. The summed E-state index contributed by atoms with van der Waals surface area (Å²) >= 11 is 1.13. The van der Waals surface area contributed by atoms with Gasteiger partial charge in [-0.1, -0.05) is 30.3 Å². The summed E-state index contributed by atoms with van der Waals surface area (Å²) < 4.78 is 33.1. The molecule has 0 aliphatic carbocycles. The van der Waals surface area contributed by atoms with Crippen molar-refractivity contribution in [2.75, 3.05) is 18.4 Å². The van der Waals surface area contributed by atoms with Crippen LogP contribution >= 0.6 is 11.8 Å². The number of Topliss-reactive ketones (excluding diaryl/α,β-unsaturated/α-hetero) is 1. The van der Waals surface area contributed by atoms with Crippen molar-refractivity contribution in [3.63, 3.8) is 0 Å². The molecule has 2 aromatic carbocycles. The number of carbonyl (C=O) groups excluding carboxylic acids is 2. The number of nitrogens with zero attached hydrogens (tertiary/aromatic N) is 2. The summed E-state index contributed by atoms with van der Waals surface area (Å²) in [6, 6.07) is 11.4. The second kappa shape index (κ2) is 9.66. The van der Waals surface area contributed by atoms with Crippen molar-refractivity contribution in [3.05, 3.63) is 48.0 Å². The fourth-order valence-corrected chi connectivity index (χ4v) is 5.91. The Bertz CT molecular complexity index is 1300. The van der Waals surface area contributed by atoms with Crippen molar-refractivity contribution in [2.24, 2.45) is 0 Å². The van der Waals surface area contributed by atoms with Gasteiger partial charge in [0.1, 0.15) is 5.52 Å². The Morgan fingerprint density at radius 1 is 1.12 bits per heavy atom. The van der Waals surface area contributed by atoms with Crippen molar-refractivity contribution in [1.82, 2.24) is 9.29 Å². The third kappa shape index (κ3) is 5.29. The quantitative estimate of drug-likeness (QED) is 0.390. The number of oxazole rings is 1. The lowest BCUT2D eigenvalue weighted by atomic mass is 10.1. The van der Waals surface area contributed by atoms with Gasteiger partial charge < -0.3 is 9.73 Å². The zero-order valence-corrected chi connectivity index (χ0v) is 20.0. The van der Waals surface area contributed by atoms with E-state index in [0.717, 1.165) is 31.0 Å². The first-order chi connectivity index (χ1) is 15.7. The van der Waals surface area contributed by atoms with E-state index in [9.17, 15) is 18.0 Å². The molecule has 174 valence electrons. The zero-order chi connectivity index (χ0) is 23.6. The van der Waals surface area contributed by atoms with Crippen LogP contribution in [0.2, 0.25) is 0 Å². The lowest BCUT2D eigenvalue weighted by molar-refractivity contribution is -0.115. The second-order valence-electron chi connectivity index (χ2n) is 7.96. The Hall–Kier alpha value is -2.69. The third-order valence-electron chi connectivity index (χ3n) is 5.48. The normalized spacial score (nSPS) is 15.9. The zero-order valence-electron chi connectivity index (χ0n) is 18.4. The van der Waals surface area contributed by atoms with Gasteiger partial charge in [-0.2, -0.15) is 4.31 Å². The fraction of sp³-hybridized carbons (Fsp3) is 0.348. The molecule has 2 heterocycles. The molecular formula is C23H25N3O5S2. The van der Waals surface area contributed by atoms with Gasteiger partial charge >= 0.3 is 0 Å². The molecule has 0 bridgehead atoms. The van der Waals surface area contributed by atoms with Crippen LogP contribution in [0, 0.1) is 0 Å². The standard InChI is InChI=1S/C23H25N3O5S2/c1-15(27)17-7-6-8-18(13-17)24-22(28)16(2)32-23-25-20-14-19(9-10-21(20)31-23)33(29,30)26-11-4-3-5-12-26/h6-10,13-14,16H,3-5,11-12H2,1-2H3,(H,24,28). The summed E-state index contributed by atoms with van der Waals surface area (Å²) in [5.41, 5.74) is 1.93. The number of amides is 1. The van der Waals surface area contributed by atoms with Gasteiger partial charge in [0.15, 0.2) is 11.4 Å². The number of sulfonamides is 1. The highest BCUT2D eigenvalue weighted by molar-refractivity contribution is 8.00. The van der Waals surface area contributed by atoms with Crippen LogP contribution in [0.1, 0.15) is 43.5 Å². The van der Waals surface area contributed by atoms with Gasteiger partial charge in [0.2, 0.25) is 15.9 Å². The van der Waals surface area contributed by atoms with E-state index in [1.165, 1.54) is 23.4 Å². The predicted octanol–water partition coefficient (Wildman–Crippen LogP) is 4.32. The number of ketones is 1. The van der Waals surface area contributed by atoms with Crippen LogP contribution in [0.5, 0.6) is 0 Å². The van der Waals surface area contributed by atoms with Gasteiger partial charge in [-0.05, 0) is 57.0 Å². The number of hydrogen-bond donors (Lipinski definition) is 1. The topological polar surface area (TPSA) is 110 Å². The Labute approximate surface area is 196 Å². The Morgan fingerprint density at radius 2 is 1.88 bits per heavy atom. The summed E-state index contributed by atoms with van der Waals surface area (Å²) in [5.74, 6) is -0.349. The molecule has 1 amide bonds. The molecule has 1 unspecified atom stereocenters. The lowest BCUT2D eigenvalue weighted by Crippen LogP contribution is -2.35. The first kappa shape index (κ1) is 23.5. The Balaban J connectivity index is 1.47. The van der Waals surface area contributed by atoms with E-state index in [-0.39, 0.29) is 21.8 Å². The highest BCUT2D eigenvalue weighted by atomic mass is 32.2. The van der Waals surface area contributed by atoms with E-state index in [2.05, 4.69) is 10.3 Å². The number of aromatic nitrogens is 1. The maximum Gasteiger partial charge on any atom is 0.257 e. The van der Waals surface area contributed by atoms with Gasteiger partial charge in [0.25, 0.3) is 5.22 Å². The molecule has 8 nitrogen and oxygen atoms in total. The molecule has 33 heavy (non-hydrogen) atoms. The van der Waals surface area contributed by atoms with Gasteiger partial charge in [0, 0.05) is 24.3 Å². The summed E-state index contributed by atoms with van der Waals surface area (Å²) in [6.07, 6.45) is 2.78. The van der Waals surface area contributed by atoms with Crippen LogP contribution < -0.4 is 5.32 Å². The van der Waals surface area contributed by atoms with E-state index < -0.39 is 15.3 Å². The number of thioether (sulfide) groups is 1. The number of piperidine rings is 1. The number of carbonyl (C=O) groups is 2. The Morgan fingerprint density at radius 3 is 2.61 bits per heavy atom. The number of anilines is 1. The molecule has 1 N–H and O–H groups in total. The van der Waals surface area contributed by atoms with Crippen molar-refractivity contribution in [1.29, 1.82) is 0 Å². The molecular weight excluding hydrogens is 462 g/mol. The molecule has 1 saturated heterocycles. The van der Waals surface area contributed by atoms with Crippen molar-refractivity contribution >= 4 is 50.3 Å². The number of fused-ring (bicyclic) bond motifs is 1. The smallest absolute Gasteiger partial charge is 0.257 e. The van der Waals surface area contributed by atoms with Crippen molar-refractivity contribution < 1.29 is 22.4 Å². The predicted molar refractivity (Wildman–Crippen MR) is 127 cm³/mol. The molecule has 0 saturated carbocycles. The summed E-state index contributed by atoms with van der Waals surface area (Å²) in [4.78, 5) is 28.7. The second-order valence-corrected chi connectivity index (χ2v) is 11.2. The fourth-order valence-electron chi connectivity index (χ4n) is 3.62. The lowest BCUT2D eigenvalue weighted by Gasteiger charge is -2.25. The SMILES string of the molecule is CC(=O)c1cccc(NC(=O)C(C)Sc2nc3cc(S(=O)(=O)N4CCCCC4)ccc3o2)c1. The largest absolute Gasteiger partial charge is 0.431 e. The third-order valence-corrected chi connectivity index (χ3v) is 8.31.